The van der Waals surface area contributed by atoms with Gasteiger partial charge in [-0.05, 0) is 23.3 Å². The molecule has 130 valence electrons. The zero-order chi connectivity index (χ0) is 17.6. The summed E-state index contributed by atoms with van der Waals surface area (Å²) in [5.41, 5.74) is 8.73. The molecule has 2 unspecified atom stereocenters. The van der Waals surface area contributed by atoms with Gasteiger partial charge in [0.05, 0.1) is 24.6 Å². The second kappa shape index (κ2) is 7.92. The molecule has 0 aliphatic carbocycles. The van der Waals surface area contributed by atoms with E-state index >= 15 is 0 Å². The lowest BCUT2D eigenvalue weighted by atomic mass is 9.94. The summed E-state index contributed by atoms with van der Waals surface area (Å²) in [7, 11) is 1.35. The van der Waals surface area contributed by atoms with Gasteiger partial charge in [0.2, 0.25) is 5.91 Å². The third kappa shape index (κ3) is 4.04. The van der Waals surface area contributed by atoms with Crippen LogP contribution in [0.4, 0.5) is 0 Å². The van der Waals surface area contributed by atoms with E-state index in [0.717, 1.165) is 11.1 Å². The number of esters is 1. The molecule has 2 atom stereocenters. The molecule has 1 aliphatic heterocycles. The maximum atomic E-state index is 12.6. The van der Waals surface area contributed by atoms with E-state index in [0.29, 0.717) is 18.7 Å². The second-order valence-corrected chi connectivity index (χ2v) is 5.93. The van der Waals surface area contributed by atoms with Crippen molar-refractivity contribution < 1.29 is 14.3 Å². The second-order valence-electron chi connectivity index (χ2n) is 5.93. The third-order valence-corrected chi connectivity index (χ3v) is 4.32. The minimum Gasteiger partial charge on any atom is -0.465 e. The van der Waals surface area contributed by atoms with E-state index < -0.39 is 0 Å². The van der Waals surface area contributed by atoms with E-state index in [1.54, 1.807) is 12.1 Å². The summed E-state index contributed by atoms with van der Waals surface area (Å²) in [5.74, 6) is -0.565. The van der Waals surface area contributed by atoms with Crippen LogP contribution in [0.2, 0.25) is 0 Å². The Morgan fingerprint density at radius 1 is 1.12 bits per heavy atom. The quantitative estimate of drug-likeness (QED) is 0.721. The molecule has 2 aromatic rings. The smallest absolute Gasteiger partial charge is 0.337 e. The van der Waals surface area contributed by atoms with Crippen LogP contribution in [0, 0.1) is 5.92 Å². The van der Waals surface area contributed by atoms with E-state index in [1.807, 2.05) is 42.5 Å². The highest BCUT2D eigenvalue weighted by molar-refractivity contribution is 5.89. The highest BCUT2D eigenvalue weighted by Gasteiger charge is 2.33. The van der Waals surface area contributed by atoms with Crippen LogP contribution in [-0.4, -0.2) is 25.5 Å². The lowest BCUT2D eigenvalue weighted by molar-refractivity contribution is -0.125. The Morgan fingerprint density at radius 2 is 1.84 bits per heavy atom. The van der Waals surface area contributed by atoms with Crippen LogP contribution in [0.3, 0.4) is 0 Å². The van der Waals surface area contributed by atoms with E-state index in [4.69, 9.17) is 0 Å². The summed E-state index contributed by atoms with van der Waals surface area (Å²) in [6.45, 7) is 0.991. The Labute approximate surface area is 146 Å². The number of rotatable bonds is 5. The number of carbonyl (C=O) groups excluding carboxylic acids is 2. The first kappa shape index (κ1) is 17.1. The first-order chi connectivity index (χ1) is 12.2. The lowest BCUT2D eigenvalue weighted by Crippen LogP contribution is -2.34. The molecule has 1 heterocycles. The monoisotopic (exact) mass is 339 g/mol. The number of carbonyl (C=O) groups is 2. The fraction of sp³-hybridized carbons (Fsp3) is 0.263. The van der Waals surface area contributed by atoms with E-state index in [-0.39, 0.29) is 23.8 Å². The number of amides is 1. The number of nitrogens with one attached hydrogen (secondary N) is 3. The van der Waals surface area contributed by atoms with Crippen molar-refractivity contribution in [2.24, 2.45) is 5.92 Å². The molecular formula is C19H21N3O3. The van der Waals surface area contributed by atoms with Gasteiger partial charge in [-0.2, -0.15) is 0 Å². The van der Waals surface area contributed by atoms with Crippen LogP contribution < -0.4 is 16.2 Å². The van der Waals surface area contributed by atoms with Crippen molar-refractivity contribution in [1.29, 1.82) is 0 Å². The van der Waals surface area contributed by atoms with Gasteiger partial charge in [-0.3, -0.25) is 10.2 Å². The predicted octanol–water partition coefficient (Wildman–Crippen LogP) is 1.55. The van der Waals surface area contributed by atoms with Crippen LogP contribution >= 0.6 is 0 Å². The molecule has 0 saturated carbocycles. The topological polar surface area (TPSA) is 79.5 Å². The zero-order valence-electron chi connectivity index (χ0n) is 14.0. The average molecular weight is 339 g/mol. The summed E-state index contributed by atoms with van der Waals surface area (Å²) >= 11 is 0. The summed E-state index contributed by atoms with van der Waals surface area (Å²) in [6.07, 6.45) is 0. The summed E-state index contributed by atoms with van der Waals surface area (Å²) in [6, 6.07) is 16.9. The van der Waals surface area contributed by atoms with Crippen molar-refractivity contribution in [3.63, 3.8) is 0 Å². The number of hydrazine groups is 1. The largest absolute Gasteiger partial charge is 0.465 e. The molecule has 1 fully saturated rings. The van der Waals surface area contributed by atoms with Gasteiger partial charge in [-0.15, -0.1) is 0 Å². The van der Waals surface area contributed by atoms with Crippen molar-refractivity contribution >= 4 is 11.9 Å². The van der Waals surface area contributed by atoms with Gasteiger partial charge < -0.3 is 10.1 Å². The summed E-state index contributed by atoms with van der Waals surface area (Å²) in [5, 5.41) is 2.97. The molecule has 6 nitrogen and oxygen atoms in total. The lowest BCUT2D eigenvalue weighted by Gasteiger charge is -2.18. The van der Waals surface area contributed by atoms with Gasteiger partial charge in [0.15, 0.2) is 0 Å². The van der Waals surface area contributed by atoms with Crippen molar-refractivity contribution in [2.45, 2.75) is 12.6 Å². The molecular weight excluding hydrogens is 318 g/mol. The Balaban J connectivity index is 1.59. The molecule has 0 radical (unpaired) electrons. The first-order valence-corrected chi connectivity index (χ1v) is 8.17. The van der Waals surface area contributed by atoms with E-state index in [9.17, 15) is 9.59 Å². The van der Waals surface area contributed by atoms with Crippen molar-refractivity contribution in [3.05, 3.63) is 71.3 Å². The molecule has 1 aliphatic rings. The molecule has 0 bridgehead atoms. The first-order valence-electron chi connectivity index (χ1n) is 8.17. The standard InChI is InChI=1S/C19H21N3O3/c1-25-19(24)15-9-7-13(8-10-15)11-20-18(23)16-12-21-22-17(16)14-5-3-2-4-6-14/h2-10,16-17,21-22H,11-12H2,1H3,(H,20,23). The van der Waals surface area contributed by atoms with Crippen LogP contribution in [0.15, 0.2) is 54.6 Å². The molecule has 0 aromatic heterocycles. The summed E-state index contributed by atoms with van der Waals surface area (Å²) in [4.78, 5) is 24.0. The highest BCUT2D eigenvalue weighted by Crippen LogP contribution is 2.24. The predicted molar refractivity (Wildman–Crippen MR) is 93.4 cm³/mol. The normalized spacial score (nSPS) is 19.4. The number of hydrogen-bond acceptors (Lipinski definition) is 5. The third-order valence-electron chi connectivity index (χ3n) is 4.32. The van der Waals surface area contributed by atoms with Crippen LogP contribution in [0.5, 0.6) is 0 Å². The van der Waals surface area contributed by atoms with Gasteiger partial charge in [-0.25, -0.2) is 10.2 Å². The van der Waals surface area contributed by atoms with Gasteiger partial charge >= 0.3 is 5.97 Å². The molecule has 3 rings (SSSR count). The van der Waals surface area contributed by atoms with Crippen molar-refractivity contribution in [3.8, 4) is 0 Å². The molecule has 1 saturated heterocycles. The van der Waals surface area contributed by atoms with Crippen LogP contribution in [-0.2, 0) is 16.1 Å². The Morgan fingerprint density at radius 3 is 2.52 bits per heavy atom. The number of ether oxygens (including phenoxy) is 1. The van der Waals surface area contributed by atoms with Gasteiger partial charge in [0.1, 0.15) is 0 Å². The van der Waals surface area contributed by atoms with Crippen molar-refractivity contribution in [2.75, 3.05) is 13.7 Å². The van der Waals surface area contributed by atoms with E-state index in [1.165, 1.54) is 7.11 Å². The fourth-order valence-electron chi connectivity index (χ4n) is 2.91. The summed E-state index contributed by atoms with van der Waals surface area (Å²) < 4.78 is 4.67. The molecule has 2 aromatic carbocycles. The Hall–Kier alpha value is -2.70. The van der Waals surface area contributed by atoms with Gasteiger partial charge in [0.25, 0.3) is 0 Å². The number of benzene rings is 2. The highest BCUT2D eigenvalue weighted by atomic mass is 16.5. The molecule has 3 N–H and O–H groups in total. The van der Waals surface area contributed by atoms with Crippen LogP contribution in [0.1, 0.15) is 27.5 Å². The van der Waals surface area contributed by atoms with E-state index in [2.05, 4.69) is 20.9 Å². The van der Waals surface area contributed by atoms with Crippen molar-refractivity contribution in [1.82, 2.24) is 16.2 Å². The van der Waals surface area contributed by atoms with Gasteiger partial charge in [-0.1, -0.05) is 42.5 Å². The number of hydrogen-bond donors (Lipinski definition) is 3. The molecule has 0 spiro atoms. The zero-order valence-corrected chi connectivity index (χ0v) is 14.0. The number of methoxy groups -OCH3 is 1. The van der Waals surface area contributed by atoms with Gasteiger partial charge in [0, 0.05) is 13.1 Å². The molecule has 25 heavy (non-hydrogen) atoms. The SMILES string of the molecule is COC(=O)c1ccc(CNC(=O)C2CNNC2c2ccccc2)cc1. The Bertz CT molecular complexity index is 731. The fourth-order valence-corrected chi connectivity index (χ4v) is 2.91. The maximum Gasteiger partial charge on any atom is 0.337 e. The average Bonchev–Trinajstić information content (AvgIpc) is 3.16. The Kier molecular flexibility index (Phi) is 5.42. The van der Waals surface area contributed by atoms with Crippen LogP contribution in [0.25, 0.3) is 0 Å². The maximum absolute atomic E-state index is 12.6. The minimum absolute atomic E-state index is 0.0107. The molecule has 6 heteroatoms. The molecule has 1 amide bonds. The minimum atomic E-state index is -0.371.